The zero-order valence-corrected chi connectivity index (χ0v) is 17.5. The zero-order chi connectivity index (χ0) is 21.0. The van der Waals surface area contributed by atoms with E-state index < -0.39 is 0 Å². The van der Waals surface area contributed by atoms with Crippen LogP contribution in [0.4, 0.5) is 5.69 Å². The molecule has 0 spiro atoms. The molecule has 3 rings (SSSR count). The van der Waals surface area contributed by atoms with Crippen LogP contribution in [0.2, 0.25) is 0 Å². The van der Waals surface area contributed by atoms with Gasteiger partial charge in [0, 0.05) is 37.2 Å². The average molecular weight is 413 g/mol. The molecular weight excluding hydrogens is 388 g/mol. The molecule has 0 radical (unpaired) electrons. The molecule has 0 bridgehead atoms. The van der Waals surface area contributed by atoms with Crippen molar-refractivity contribution in [2.24, 2.45) is 5.16 Å². The van der Waals surface area contributed by atoms with E-state index in [1.807, 2.05) is 48.3 Å². The van der Waals surface area contributed by atoms with E-state index in [9.17, 15) is 10.1 Å². The maximum atomic E-state index is 11.4. The van der Waals surface area contributed by atoms with E-state index in [0.717, 1.165) is 11.1 Å². The van der Waals surface area contributed by atoms with E-state index in [1.54, 1.807) is 12.1 Å². The van der Waals surface area contributed by atoms with Crippen LogP contribution < -0.4 is 5.32 Å². The van der Waals surface area contributed by atoms with Gasteiger partial charge in [-0.15, -0.1) is 0 Å². The summed E-state index contributed by atoms with van der Waals surface area (Å²) in [5.74, 6) is 0. The van der Waals surface area contributed by atoms with Gasteiger partial charge in [-0.3, -0.25) is 10.1 Å². The maximum Gasteiger partial charge on any atom is 0.270 e. The molecule has 0 aliphatic carbocycles. The molecule has 29 heavy (non-hydrogen) atoms. The number of hydrogen-bond donors (Lipinski definition) is 1. The monoisotopic (exact) mass is 412 g/mol. The van der Waals surface area contributed by atoms with Crippen molar-refractivity contribution in [2.75, 3.05) is 13.6 Å². The molecule has 152 valence electrons. The lowest BCUT2D eigenvalue weighted by Crippen LogP contribution is -2.43. The topological polar surface area (TPSA) is 80.0 Å². The Morgan fingerprint density at radius 1 is 1.28 bits per heavy atom. The summed E-state index contributed by atoms with van der Waals surface area (Å²) in [5.41, 5.74) is 3.12. The molecule has 0 saturated carbocycles. The van der Waals surface area contributed by atoms with E-state index >= 15 is 0 Å². The Kier molecular flexibility index (Phi) is 6.43. The number of benzene rings is 2. The molecule has 1 N–H and O–H groups in total. The van der Waals surface area contributed by atoms with Crippen LogP contribution >= 0.6 is 12.2 Å². The number of nitro benzene ring substituents is 1. The molecule has 1 atom stereocenters. The van der Waals surface area contributed by atoms with Gasteiger partial charge in [-0.1, -0.05) is 35.5 Å². The Morgan fingerprint density at radius 2 is 1.97 bits per heavy atom. The fourth-order valence-corrected chi connectivity index (χ4v) is 3.24. The largest absolute Gasteiger partial charge is 0.390 e. The normalized spacial score (nSPS) is 15.6. The van der Waals surface area contributed by atoms with Crippen LogP contribution in [0.1, 0.15) is 25.8 Å². The third-order valence-electron chi connectivity index (χ3n) is 4.88. The third kappa shape index (κ3) is 5.08. The Morgan fingerprint density at radius 3 is 2.62 bits per heavy atom. The number of non-ortho nitro benzene ring substituents is 1. The second kappa shape index (κ2) is 9.00. The predicted octanol–water partition coefficient (Wildman–Crippen LogP) is 3.97. The first kappa shape index (κ1) is 20.7. The lowest BCUT2D eigenvalue weighted by molar-refractivity contribution is -0.384. The first-order valence-electron chi connectivity index (χ1n) is 9.43. The van der Waals surface area contributed by atoms with Crippen molar-refractivity contribution in [1.82, 2.24) is 10.2 Å². The van der Waals surface area contributed by atoms with E-state index in [1.165, 1.54) is 0 Å². The van der Waals surface area contributed by atoms with E-state index in [0.29, 0.717) is 35.4 Å². The zero-order valence-electron chi connectivity index (χ0n) is 16.7. The lowest BCUT2D eigenvalue weighted by Gasteiger charge is -2.25. The van der Waals surface area contributed by atoms with Crippen molar-refractivity contribution >= 4 is 28.7 Å². The Bertz CT molecular complexity index is 931. The summed E-state index contributed by atoms with van der Waals surface area (Å²) in [6, 6.07) is 14.9. The number of nitrogens with zero attached hydrogens (tertiary/aromatic N) is 3. The molecule has 1 heterocycles. The molecule has 8 heteroatoms. The van der Waals surface area contributed by atoms with Crippen LogP contribution in [0.25, 0.3) is 11.1 Å². The summed E-state index contributed by atoms with van der Waals surface area (Å²) < 4.78 is 0. The van der Waals surface area contributed by atoms with Gasteiger partial charge in [0.05, 0.1) is 17.2 Å². The van der Waals surface area contributed by atoms with Gasteiger partial charge in [-0.05, 0) is 43.3 Å². The van der Waals surface area contributed by atoms with E-state index in [2.05, 4.69) is 24.3 Å². The highest BCUT2D eigenvalue weighted by Gasteiger charge is 2.25. The van der Waals surface area contributed by atoms with Crippen LogP contribution in [-0.2, 0) is 4.84 Å². The first-order chi connectivity index (χ1) is 13.8. The molecule has 7 nitrogen and oxygen atoms in total. The Balaban J connectivity index is 1.73. The molecule has 0 amide bonds. The molecule has 1 unspecified atom stereocenters. The van der Waals surface area contributed by atoms with Crippen LogP contribution in [-0.4, -0.2) is 46.4 Å². The summed E-state index contributed by atoms with van der Waals surface area (Å²) in [4.78, 5) is 18.5. The quantitative estimate of drug-likeness (QED) is 0.439. The third-order valence-corrected chi connectivity index (χ3v) is 5.31. The molecule has 0 fully saturated rings. The van der Waals surface area contributed by atoms with Crippen molar-refractivity contribution in [1.29, 1.82) is 0 Å². The second-order valence-electron chi connectivity index (χ2n) is 7.25. The van der Waals surface area contributed by atoms with Crippen LogP contribution in [0, 0.1) is 10.1 Å². The molecule has 2 aromatic carbocycles. The predicted molar refractivity (Wildman–Crippen MR) is 118 cm³/mol. The average Bonchev–Trinajstić information content (AvgIpc) is 3.20. The summed E-state index contributed by atoms with van der Waals surface area (Å²) >= 11 is 5.37. The highest BCUT2D eigenvalue weighted by atomic mass is 32.1. The molecule has 1 aliphatic heterocycles. The Labute approximate surface area is 175 Å². The molecule has 0 aromatic heterocycles. The summed E-state index contributed by atoms with van der Waals surface area (Å²) in [6.07, 6.45) is 0.374. The highest BCUT2D eigenvalue weighted by Crippen LogP contribution is 2.28. The smallest absolute Gasteiger partial charge is 0.270 e. The van der Waals surface area contributed by atoms with Crippen molar-refractivity contribution in [3.05, 3.63) is 64.2 Å². The number of rotatable bonds is 6. The number of thiocarbonyl (C=S) groups is 1. The van der Waals surface area contributed by atoms with Crippen LogP contribution in [0.15, 0.2) is 53.7 Å². The van der Waals surface area contributed by atoms with Gasteiger partial charge in [-0.25, -0.2) is 0 Å². The van der Waals surface area contributed by atoms with Crippen molar-refractivity contribution in [2.45, 2.75) is 32.4 Å². The van der Waals surface area contributed by atoms with Crippen LogP contribution in [0.5, 0.6) is 0 Å². The molecular formula is C21H24N4O3S. The Hall–Kier alpha value is -3.00. The molecule has 1 aliphatic rings. The van der Waals surface area contributed by atoms with Gasteiger partial charge >= 0.3 is 0 Å². The number of nitrogens with one attached hydrogen (secondary N) is 1. The minimum atomic E-state index is -0.383. The van der Waals surface area contributed by atoms with Gasteiger partial charge in [0.25, 0.3) is 5.69 Å². The fourth-order valence-electron chi connectivity index (χ4n) is 2.95. The standard InChI is InChI=1S/C21H24N4O3S/c1-14(2)24(3)21(29)22-13-19-12-20(23-28-19)17-9-16(10-18(11-17)25(26)27)15-7-5-4-6-8-15/h4-11,14,19H,12-13H2,1-3H3,(H,22,29). The van der Waals surface area contributed by atoms with Crippen molar-refractivity contribution in [3.8, 4) is 11.1 Å². The van der Waals surface area contributed by atoms with Crippen LogP contribution in [0.3, 0.4) is 0 Å². The van der Waals surface area contributed by atoms with Gasteiger partial charge in [0.2, 0.25) is 0 Å². The van der Waals surface area contributed by atoms with Crippen molar-refractivity contribution < 1.29 is 9.76 Å². The molecule has 0 saturated heterocycles. The minimum absolute atomic E-state index is 0.0327. The number of hydrogen-bond acceptors (Lipinski definition) is 5. The van der Waals surface area contributed by atoms with Crippen molar-refractivity contribution in [3.63, 3.8) is 0 Å². The summed E-state index contributed by atoms with van der Waals surface area (Å²) in [5, 5.41) is 19.4. The SMILES string of the molecule is CC(C)N(C)C(=S)NCC1CC(c2cc(-c3ccccc3)cc([N+](=O)[O-])c2)=NO1. The van der Waals surface area contributed by atoms with E-state index in [-0.39, 0.29) is 16.7 Å². The second-order valence-corrected chi connectivity index (χ2v) is 7.64. The number of oxime groups is 1. The lowest BCUT2D eigenvalue weighted by atomic mass is 9.98. The van der Waals surface area contributed by atoms with Gasteiger partial charge < -0.3 is 15.1 Å². The van der Waals surface area contributed by atoms with Gasteiger partial charge in [0.1, 0.15) is 6.10 Å². The molecule has 2 aromatic rings. The van der Waals surface area contributed by atoms with E-state index in [4.69, 9.17) is 17.1 Å². The van der Waals surface area contributed by atoms with Gasteiger partial charge in [-0.2, -0.15) is 0 Å². The summed E-state index contributed by atoms with van der Waals surface area (Å²) in [7, 11) is 1.94. The maximum absolute atomic E-state index is 11.4. The van der Waals surface area contributed by atoms with Gasteiger partial charge in [0.15, 0.2) is 5.11 Å². The highest BCUT2D eigenvalue weighted by molar-refractivity contribution is 7.80. The first-order valence-corrected chi connectivity index (χ1v) is 9.84. The summed E-state index contributed by atoms with van der Waals surface area (Å²) in [6.45, 7) is 4.64. The number of nitro groups is 1. The fraction of sp³-hybridized carbons (Fsp3) is 0.333. The minimum Gasteiger partial charge on any atom is -0.390 e.